The molecule has 1 aliphatic rings. The number of halogens is 3. The van der Waals surface area contributed by atoms with Crippen molar-refractivity contribution < 1.29 is 41.9 Å². The van der Waals surface area contributed by atoms with Crippen LogP contribution in [0.3, 0.4) is 0 Å². The SMILES string of the molecule is Cc1noc(C)c1NC(=O)N(C)C[C@@H]1Oc2ccc(NC(=O)CCC(F)(F)F)cc2C(=O)N([C@H](C)CO)C[C@@H]1C. The van der Waals surface area contributed by atoms with Gasteiger partial charge in [-0.2, -0.15) is 13.2 Å². The molecule has 1 aromatic heterocycles. The van der Waals surface area contributed by atoms with Crippen LogP contribution in [-0.2, 0) is 4.79 Å². The van der Waals surface area contributed by atoms with E-state index in [1.165, 1.54) is 28.0 Å². The Morgan fingerprint density at radius 3 is 2.58 bits per heavy atom. The van der Waals surface area contributed by atoms with Crippen LogP contribution in [0.2, 0.25) is 0 Å². The Morgan fingerprint density at radius 2 is 1.98 bits per heavy atom. The van der Waals surface area contributed by atoms with E-state index in [9.17, 15) is 32.7 Å². The second-order valence-electron chi connectivity index (χ2n) is 10.0. The van der Waals surface area contributed by atoms with Crippen LogP contribution >= 0.6 is 0 Å². The van der Waals surface area contributed by atoms with Crippen molar-refractivity contribution in [3.05, 3.63) is 35.2 Å². The molecular formula is C26H34F3N5O6. The third-order valence-corrected chi connectivity index (χ3v) is 6.65. The summed E-state index contributed by atoms with van der Waals surface area (Å²) < 4.78 is 48.8. The molecule has 220 valence electrons. The summed E-state index contributed by atoms with van der Waals surface area (Å²) in [7, 11) is 1.59. The van der Waals surface area contributed by atoms with Crippen molar-refractivity contribution in [2.24, 2.45) is 5.92 Å². The fourth-order valence-electron chi connectivity index (χ4n) is 4.21. The summed E-state index contributed by atoms with van der Waals surface area (Å²) in [6, 6.07) is 3.22. The molecule has 3 N–H and O–H groups in total. The third kappa shape index (κ3) is 7.64. The molecule has 11 nitrogen and oxygen atoms in total. The number of benzene rings is 1. The number of aromatic nitrogens is 1. The minimum Gasteiger partial charge on any atom is -0.487 e. The quantitative estimate of drug-likeness (QED) is 0.438. The number of fused-ring (bicyclic) bond motifs is 1. The maximum Gasteiger partial charge on any atom is 0.389 e. The zero-order valence-electron chi connectivity index (χ0n) is 23.0. The van der Waals surface area contributed by atoms with Crippen LogP contribution in [0.1, 0.15) is 48.5 Å². The van der Waals surface area contributed by atoms with Gasteiger partial charge < -0.3 is 34.8 Å². The molecule has 1 aromatic carbocycles. The van der Waals surface area contributed by atoms with Gasteiger partial charge in [-0.05, 0) is 39.0 Å². The predicted octanol–water partition coefficient (Wildman–Crippen LogP) is 3.96. The summed E-state index contributed by atoms with van der Waals surface area (Å²) >= 11 is 0. The van der Waals surface area contributed by atoms with E-state index in [2.05, 4.69) is 15.8 Å². The standard InChI is InChI=1S/C26H34F3N5O6/c1-14-11-34(15(2)13-35)24(37)19-10-18(30-22(36)8-9-26(27,28)29)6-7-20(19)39-21(14)12-33(5)25(38)31-23-16(3)32-40-17(23)4/h6-7,10,14-15,21,35H,8-9,11-13H2,1-5H3,(H,30,36)(H,31,38)/t14-,15+,21-/m0/s1. The number of likely N-dealkylation sites (N-methyl/N-ethyl adjacent to an activating group) is 1. The molecule has 14 heteroatoms. The monoisotopic (exact) mass is 569 g/mol. The summed E-state index contributed by atoms with van der Waals surface area (Å²) in [5.74, 6) is -0.976. The molecule has 0 saturated heterocycles. The highest BCUT2D eigenvalue weighted by Gasteiger charge is 2.34. The first kappa shape index (κ1) is 30.7. The van der Waals surface area contributed by atoms with Crippen LogP contribution in [0.4, 0.5) is 29.3 Å². The van der Waals surface area contributed by atoms with Gasteiger partial charge in [0.1, 0.15) is 23.2 Å². The van der Waals surface area contributed by atoms with Crippen molar-refractivity contribution in [2.75, 3.05) is 37.4 Å². The molecule has 0 bridgehead atoms. The van der Waals surface area contributed by atoms with E-state index < -0.39 is 49.0 Å². The number of carbonyl (C=O) groups excluding carboxylic acids is 3. The first-order valence-corrected chi connectivity index (χ1v) is 12.7. The number of nitrogens with zero attached hydrogens (tertiary/aromatic N) is 3. The summed E-state index contributed by atoms with van der Waals surface area (Å²) in [6.07, 6.45) is -7.10. The van der Waals surface area contributed by atoms with Crippen molar-refractivity contribution in [3.8, 4) is 5.75 Å². The molecule has 40 heavy (non-hydrogen) atoms. The van der Waals surface area contributed by atoms with E-state index in [1.807, 2.05) is 6.92 Å². The van der Waals surface area contributed by atoms with Crippen LogP contribution < -0.4 is 15.4 Å². The van der Waals surface area contributed by atoms with Crippen molar-refractivity contribution in [3.63, 3.8) is 0 Å². The molecular weight excluding hydrogens is 535 g/mol. The number of aliphatic hydroxyl groups is 1. The number of carbonyl (C=O) groups is 3. The maximum atomic E-state index is 13.5. The van der Waals surface area contributed by atoms with Crippen molar-refractivity contribution >= 4 is 29.2 Å². The molecule has 0 saturated carbocycles. The van der Waals surface area contributed by atoms with Gasteiger partial charge in [-0.1, -0.05) is 12.1 Å². The van der Waals surface area contributed by atoms with Gasteiger partial charge >= 0.3 is 12.2 Å². The minimum absolute atomic E-state index is 0.0636. The molecule has 0 radical (unpaired) electrons. The summed E-state index contributed by atoms with van der Waals surface area (Å²) in [5, 5.41) is 18.8. The van der Waals surface area contributed by atoms with Crippen molar-refractivity contribution in [2.45, 2.75) is 58.9 Å². The van der Waals surface area contributed by atoms with E-state index in [4.69, 9.17) is 9.26 Å². The van der Waals surface area contributed by atoms with Gasteiger partial charge in [0.2, 0.25) is 5.91 Å². The number of aryl methyl sites for hydroxylation is 2. The van der Waals surface area contributed by atoms with Gasteiger partial charge in [-0.3, -0.25) is 9.59 Å². The maximum absolute atomic E-state index is 13.5. The van der Waals surface area contributed by atoms with Crippen LogP contribution in [0.5, 0.6) is 5.75 Å². The highest BCUT2D eigenvalue weighted by atomic mass is 19.4. The smallest absolute Gasteiger partial charge is 0.389 e. The molecule has 0 fully saturated rings. The van der Waals surface area contributed by atoms with Crippen LogP contribution in [0.15, 0.2) is 22.7 Å². The molecule has 2 aromatic rings. The molecule has 1 aliphatic heterocycles. The number of amides is 4. The highest BCUT2D eigenvalue weighted by molar-refractivity contribution is 6.00. The number of anilines is 2. The van der Waals surface area contributed by atoms with Crippen LogP contribution in [0.25, 0.3) is 0 Å². The first-order chi connectivity index (χ1) is 18.7. The lowest BCUT2D eigenvalue weighted by Gasteiger charge is -2.38. The number of urea groups is 1. The molecule has 4 amide bonds. The summed E-state index contributed by atoms with van der Waals surface area (Å²) in [5.41, 5.74) is 1.18. The number of nitrogens with one attached hydrogen (secondary N) is 2. The Hall–Kier alpha value is -3.81. The molecule has 3 atom stereocenters. The number of ether oxygens (including phenoxy) is 1. The topological polar surface area (TPSA) is 137 Å². The van der Waals surface area contributed by atoms with Crippen LogP contribution in [-0.4, -0.2) is 83.0 Å². The van der Waals surface area contributed by atoms with E-state index in [0.717, 1.165) is 0 Å². The number of hydrogen-bond acceptors (Lipinski definition) is 7. The average molecular weight is 570 g/mol. The van der Waals surface area contributed by atoms with Gasteiger partial charge in [-0.25, -0.2) is 4.79 Å². The molecule has 0 spiro atoms. The number of hydrogen-bond donors (Lipinski definition) is 3. The lowest BCUT2D eigenvalue weighted by Crippen LogP contribution is -2.50. The lowest BCUT2D eigenvalue weighted by atomic mass is 9.99. The van der Waals surface area contributed by atoms with Gasteiger partial charge in [-0.15, -0.1) is 0 Å². The molecule has 0 unspecified atom stereocenters. The fourth-order valence-corrected chi connectivity index (χ4v) is 4.21. The minimum atomic E-state index is -4.48. The zero-order valence-corrected chi connectivity index (χ0v) is 23.0. The second-order valence-corrected chi connectivity index (χ2v) is 10.0. The van der Waals surface area contributed by atoms with Crippen molar-refractivity contribution in [1.82, 2.24) is 15.0 Å². The average Bonchev–Trinajstić information content (AvgIpc) is 3.20. The Labute approximate surface area is 229 Å². The second kappa shape index (κ2) is 12.6. The largest absolute Gasteiger partial charge is 0.487 e. The van der Waals surface area contributed by atoms with Gasteiger partial charge in [0.05, 0.1) is 31.2 Å². The lowest BCUT2D eigenvalue weighted by molar-refractivity contribution is -0.142. The number of aliphatic hydroxyl groups excluding tert-OH is 1. The first-order valence-electron chi connectivity index (χ1n) is 12.7. The van der Waals surface area contributed by atoms with Gasteiger partial charge in [0, 0.05) is 31.6 Å². The van der Waals surface area contributed by atoms with E-state index in [1.54, 1.807) is 27.8 Å². The number of rotatable bonds is 8. The number of alkyl halides is 3. The highest BCUT2D eigenvalue weighted by Crippen LogP contribution is 2.31. The van der Waals surface area contributed by atoms with Gasteiger partial charge in [0.15, 0.2) is 5.76 Å². The fraction of sp³-hybridized carbons (Fsp3) is 0.538. The predicted molar refractivity (Wildman–Crippen MR) is 139 cm³/mol. The molecule has 0 aliphatic carbocycles. The van der Waals surface area contributed by atoms with E-state index in [0.29, 0.717) is 17.1 Å². The Bertz CT molecular complexity index is 1210. The Morgan fingerprint density at radius 1 is 1.27 bits per heavy atom. The van der Waals surface area contributed by atoms with E-state index in [-0.39, 0.29) is 42.6 Å². The zero-order chi connectivity index (χ0) is 29.8. The van der Waals surface area contributed by atoms with E-state index >= 15 is 0 Å². The normalized spacial score (nSPS) is 18.2. The summed E-state index contributed by atoms with van der Waals surface area (Å²) in [4.78, 5) is 41.4. The third-order valence-electron chi connectivity index (χ3n) is 6.65. The molecule has 3 rings (SSSR count). The summed E-state index contributed by atoms with van der Waals surface area (Å²) in [6.45, 7) is 6.90. The van der Waals surface area contributed by atoms with Crippen LogP contribution in [0, 0.1) is 19.8 Å². The Kier molecular flexibility index (Phi) is 9.66. The van der Waals surface area contributed by atoms with Crippen molar-refractivity contribution in [1.29, 1.82) is 0 Å². The van der Waals surface area contributed by atoms with Gasteiger partial charge in [0.25, 0.3) is 5.91 Å². The molecule has 2 heterocycles. The Balaban J connectivity index is 1.85.